The van der Waals surface area contributed by atoms with Gasteiger partial charge in [-0.25, -0.2) is 4.98 Å². The van der Waals surface area contributed by atoms with Crippen molar-refractivity contribution in [1.29, 1.82) is 0 Å². The summed E-state index contributed by atoms with van der Waals surface area (Å²) in [6.45, 7) is 0.269. The summed E-state index contributed by atoms with van der Waals surface area (Å²) >= 11 is 2.37. The highest BCUT2D eigenvalue weighted by Gasteiger charge is 2.29. The Kier molecular flexibility index (Phi) is 7.35. The molecule has 1 aromatic heterocycles. The molecule has 2 aromatic carbocycles. The molecular weight excluding hydrogens is 494 g/mol. The van der Waals surface area contributed by atoms with Crippen LogP contribution in [-0.2, 0) is 19.2 Å². The molecule has 0 aliphatic rings. The third kappa shape index (κ3) is 6.62. The van der Waals surface area contributed by atoms with E-state index in [1.165, 1.54) is 24.0 Å². The lowest BCUT2D eigenvalue weighted by molar-refractivity contribution is -0.137. The summed E-state index contributed by atoms with van der Waals surface area (Å²) in [6, 6.07) is 12.9. The molecule has 3 nitrogen and oxygen atoms in total. The molecule has 29 heavy (non-hydrogen) atoms. The Hall–Kier alpha value is -2.29. The molecule has 0 radical (unpaired) electrons. The van der Waals surface area contributed by atoms with E-state index in [2.05, 4.69) is 39.7 Å². The van der Waals surface area contributed by atoms with Crippen molar-refractivity contribution in [2.45, 2.75) is 25.6 Å². The van der Waals surface area contributed by atoms with Crippen molar-refractivity contribution in [2.24, 2.45) is 0 Å². The molecule has 152 valence electrons. The van der Waals surface area contributed by atoms with Crippen molar-refractivity contribution in [2.75, 3.05) is 4.43 Å². The summed E-state index contributed by atoms with van der Waals surface area (Å²) in [4.78, 5) is 4.30. The van der Waals surface area contributed by atoms with Gasteiger partial charge >= 0.3 is 6.18 Å². The van der Waals surface area contributed by atoms with E-state index in [1.807, 2.05) is 12.1 Å². The Morgan fingerprint density at radius 3 is 2.38 bits per heavy atom. The maximum atomic E-state index is 12.6. The number of aromatic nitrogens is 1. The average Bonchev–Trinajstić information content (AvgIpc) is 3.17. The summed E-state index contributed by atoms with van der Waals surface area (Å²) in [5.41, 5.74) is 1.86. The Morgan fingerprint density at radius 1 is 1.00 bits per heavy atom. The van der Waals surface area contributed by atoms with Crippen molar-refractivity contribution in [3.05, 3.63) is 83.1 Å². The maximum Gasteiger partial charge on any atom is 0.416 e. The van der Waals surface area contributed by atoms with Crippen molar-refractivity contribution in [1.82, 2.24) is 4.98 Å². The van der Waals surface area contributed by atoms with E-state index < -0.39 is 11.7 Å². The standard InChI is InChI=1S/C22H19F3INO2/c23-22(24,25)18-8-3-17(4-9-18)7-12-21-27-19(15-29-21)14-28-20-10-5-16(6-11-20)2-1-13-26/h3-12,15H,1-2,13-14H2/b12-7+. The minimum atomic E-state index is -4.34. The quantitative estimate of drug-likeness (QED) is 0.245. The van der Waals surface area contributed by atoms with Crippen LogP contribution < -0.4 is 4.74 Å². The molecular formula is C22H19F3INO2. The molecule has 0 aliphatic heterocycles. The normalized spacial score (nSPS) is 11.9. The van der Waals surface area contributed by atoms with E-state index in [4.69, 9.17) is 9.15 Å². The molecule has 0 saturated heterocycles. The number of benzene rings is 2. The van der Waals surface area contributed by atoms with Gasteiger partial charge in [0.2, 0.25) is 5.89 Å². The van der Waals surface area contributed by atoms with Gasteiger partial charge in [-0.2, -0.15) is 13.2 Å². The van der Waals surface area contributed by atoms with Crippen LogP contribution in [0.2, 0.25) is 0 Å². The van der Waals surface area contributed by atoms with Gasteiger partial charge in [-0.1, -0.05) is 46.9 Å². The fourth-order valence-electron chi connectivity index (χ4n) is 2.60. The maximum absolute atomic E-state index is 12.6. The molecule has 0 spiro atoms. The molecule has 0 unspecified atom stereocenters. The summed E-state index contributed by atoms with van der Waals surface area (Å²) < 4.78 is 50.0. The van der Waals surface area contributed by atoms with Crippen LogP contribution in [0, 0.1) is 0 Å². The number of oxazole rings is 1. The van der Waals surface area contributed by atoms with Gasteiger partial charge in [0.1, 0.15) is 24.3 Å². The lowest BCUT2D eigenvalue weighted by Gasteiger charge is -2.05. The first-order valence-corrected chi connectivity index (χ1v) is 10.5. The molecule has 0 saturated carbocycles. The first-order chi connectivity index (χ1) is 13.9. The Bertz CT molecular complexity index is 932. The number of hydrogen-bond acceptors (Lipinski definition) is 3. The first kappa shape index (κ1) is 21.4. The van der Waals surface area contributed by atoms with Crippen LogP contribution in [0.4, 0.5) is 13.2 Å². The lowest BCUT2D eigenvalue weighted by Crippen LogP contribution is -2.03. The molecule has 3 rings (SSSR count). The number of ether oxygens (including phenoxy) is 1. The fraction of sp³-hybridized carbons (Fsp3) is 0.227. The van der Waals surface area contributed by atoms with Crippen molar-refractivity contribution in [3.63, 3.8) is 0 Å². The number of aryl methyl sites for hydroxylation is 1. The molecule has 0 amide bonds. The van der Waals surface area contributed by atoms with E-state index in [0.717, 1.165) is 35.2 Å². The van der Waals surface area contributed by atoms with Gasteiger partial charge in [0.05, 0.1) is 5.56 Å². The van der Waals surface area contributed by atoms with Gasteiger partial charge in [-0.05, 0) is 58.7 Å². The molecule has 3 aromatic rings. The molecule has 0 aliphatic carbocycles. The van der Waals surface area contributed by atoms with Gasteiger partial charge in [0.25, 0.3) is 0 Å². The van der Waals surface area contributed by atoms with Crippen molar-refractivity contribution >= 4 is 34.7 Å². The predicted molar refractivity (Wildman–Crippen MR) is 115 cm³/mol. The number of alkyl halides is 4. The fourth-order valence-corrected chi connectivity index (χ4v) is 2.98. The van der Waals surface area contributed by atoms with E-state index in [9.17, 15) is 13.2 Å². The molecule has 7 heteroatoms. The Labute approximate surface area is 180 Å². The zero-order chi connectivity index (χ0) is 20.7. The highest BCUT2D eigenvalue weighted by atomic mass is 127. The Balaban J connectivity index is 1.53. The monoisotopic (exact) mass is 513 g/mol. The summed E-state index contributed by atoms with van der Waals surface area (Å²) in [6.07, 6.45) is 2.62. The lowest BCUT2D eigenvalue weighted by atomic mass is 10.1. The number of halogens is 4. The third-order valence-electron chi connectivity index (χ3n) is 4.14. The summed E-state index contributed by atoms with van der Waals surface area (Å²) in [7, 11) is 0. The topological polar surface area (TPSA) is 35.3 Å². The van der Waals surface area contributed by atoms with Crippen LogP contribution in [0.5, 0.6) is 5.75 Å². The summed E-state index contributed by atoms with van der Waals surface area (Å²) in [5.74, 6) is 1.12. The Morgan fingerprint density at radius 2 is 1.72 bits per heavy atom. The molecule has 0 atom stereocenters. The van der Waals surface area contributed by atoms with Crippen LogP contribution in [0.3, 0.4) is 0 Å². The van der Waals surface area contributed by atoms with Gasteiger partial charge in [0, 0.05) is 6.08 Å². The van der Waals surface area contributed by atoms with Crippen LogP contribution in [0.1, 0.15) is 34.7 Å². The smallest absolute Gasteiger partial charge is 0.416 e. The van der Waals surface area contributed by atoms with Gasteiger partial charge in [0.15, 0.2) is 0 Å². The van der Waals surface area contributed by atoms with Gasteiger partial charge in [-0.3, -0.25) is 0 Å². The largest absolute Gasteiger partial charge is 0.487 e. The van der Waals surface area contributed by atoms with E-state index in [-0.39, 0.29) is 6.61 Å². The van der Waals surface area contributed by atoms with Crippen LogP contribution in [0.15, 0.2) is 59.2 Å². The highest BCUT2D eigenvalue weighted by molar-refractivity contribution is 14.1. The zero-order valence-corrected chi connectivity index (χ0v) is 17.6. The minimum absolute atomic E-state index is 0.269. The minimum Gasteiger partial charge on any atom is -0.487 e. The second-order valence-corrected chi connectivity index (χ2v) is 7.43. The van der Waals surface area contributed by atoms with Crippen molar-refractivity contribution in [3.8, 4) is 5.75 Å². The average molecular weight is 513 g/mol. The van der Waals surface area contributed by atoms with E-state index in [1.54, 1.807) is 12.2 Å². The highest BCUT2D eigenvalue weighted by Crippen LogP contribution is 2.29. The third-order valence-corrected chi connectivity index (χ3v) is 4.90. The molecule has 0 N–H and O–H groups in total. The van der Waals surface area contributed by atoms with Crippen LogP contribution >= 0.6 is 22.6 Å². The number of rotatable bonds is 8. The summed E-state index contributed by atoms with van der Waals surface area (Å²) in [5, 5.41) is 0. The number of hydrogen-bond donors (Lipinski definition) is 0. The number of nitrogens with zero attached hydrogens (tertiary/aromatic N) is 1. The SMILES string of the molecule is FC(F)(F)c1ccc(/C=C/c2nc(COc3ccc(CCCI)cc3)co2)cc1. The molecule has 0 fully saturated rings. The van der Waals surface area contributed by atoms with Crippen LogP contribution in [-0.4, -0.2) is 9.41 Å². The second kappa shape index (κ2) is 9.96. The second-order valence-electron chi connectivity index (χ2n) is 6.36. The van der Waals surface area contributed by atoms with Gasteiger partial charge in [-0.15, -0.1) is 0 Å². The molecule has 0 bridgehead atoms. The van der Waals surface area contributed by atoms with Crippen LogP contribution in [0.25, 0.3) is 12.2 Å². The van der Waals surface area contributed by atoms with Crippen molar-refractivity contribution < 1.29 is 22.3 Å². The van der Waals surface area contributed by atoms with Gasteiger partial charge < -0.3 is 9.15 Å². The molecule has 1 heterocycles. The van der Waals surface area contributed by atoms with E-state index >= 15 is 0 Å². The van der Waals surface area contributed by atoms with E-state index in [0.29, 0.717) is 17.1 Å². The first-order valence-electron chi connectivity index (χ1n) is 9.01. The predicted octanol–water partition coefficient (Wildman–Crippen LogP) is 6.81. The zero-order valence-electron chi connectivity index (χ0n) is 15.5.